The Bertz CT molecular complexity index is 1780. The minimum absolute atomic E-state index is 0.0815. The van der Waals surface area contributed by atoms with Crippen LogP contribution in [-0.4, -0.2) is 26.6 Å². The smallest absolute Gasteiger partial charge is 0.363 e. The Balaban J connectivity index is 0.000000205. The van der Waals surface area contributed by atoms with E-state index in [1.807, 2.05) is 45.9 Å². The van der Waals surface area contributed by atoms with Crippen molar-refractivity contribution in [1.82, 2.24) is 14.8 Å². The van der Waals surface area contributed by atoms with Crippen molar-refractivity contribution in [2.45, 2.75) is 59.4 Å². The van der Waals surface area contributed by atoms with Gasteiger partial charge < -0.3 is 15.4 Å². The SMILES string of the molecule is Cc1cc(Br)c(NC(=O)c2sc(C)nc2C(F)(F)F)c(Br)c1.Cc1nn(C)c(Cl)c1C(=O)Nc1cccc2c1C(C)OC2(C)C. The predicted octanol–water partition coefficient (Wildman–Crippen LogP) is 9.52. The Morgan fingerprint density at radius 2 is 1.71 bits per heavy atom. The maximum Gasteiger partial charge on any atom is 0.435 e. The summed E-state index contributed by atoms with van der Waals surface area (Å²) in [5.41, 5.74) is 3.65. The van der Waals surface area contributed by atoms with Crippen molar-refractivity contribution in [3.05, 3.63) is 88.0 Å². The zero-order valence-electron chi connectivity index (χ0n) is 25.2. The van der Waals surface area contributed by atoms with Gasteiger partial charge in [-0.25, -0.2) is 4.98 Å². The molecule has 0 bridgehead atoms. The molecule has 0 saturated heterocycles. The van der Waals surface area contributed by atoms with E-state index in [-0.39, 0.29) is 22.6 Å². The molecule has 0 radical (unpaired) electrons. The topological polar surface area (TPSA) is 98.1 Å². The number of carbonyl (C=O) groups is 2. The maximum atomic E-state index is 12.9. The highest BCUT2D eigenvalue weighted by molar-refractivity contribution is 9.11. The lowest BCUT2D eigenvalue weighted by Crippen LogP contribution is -2.17. The number of carbonyl (C=O) groups excluding carboxylic acids is 2. The third-order valence-corrected chi connectivity index (χ3v) is 9.55. The number of ether oxygens (including phenoxy) is 1. The summed E-state index contributed by atoms with van der Waals surface area (Å²) in [5, 5.41) is 10.1. The van der Waals surface area contributed by atoms with Crippen LogP contribution < -0.4 is 10.6 Å². The van der Waals surface area contributed by atoms with Gasteiger partial charge in [0.05, 0.1) is 33.7 Å². The van der Waals surface area contributed by atoms with Gasteiger partial charge in [-0.2, -0.15) is 18.3 Å². The molecule has 2 aromatic carbocycles. The molecule has 8 nitrogen and oxygen atoms in total. The lowest BCUT2D eigenvalue weighted by atomic mass is 9.93. The highest BCUT2D eigenvalue weighted by Gasteiger charge is 2.40. The number of thiazole rings is 1. The molecule has 1 aliphatic heterocycles. The van der Waals surface area contributed by atoms with Gasteiger partial charge in [0, 0.05) is 27.2 Å². The monoisotopic (exact) mass is 789 g/mol. The fourth-order valence-corrected chi connectivity index (χ4v) is 7.75. The molecule has 45 heavy (non-hydrogen) atoms. The van der Waals surface area contributed by atoms with E-state index in [4.69, 9.17) is 16.3 Å². The van der Waals surface area contributed by atoms with E-state index in [0.29, 0.717) is 42.4 Å². The zero-order valence-corrected chi connectivity index (χ0v) is 30.0. The van der Waals surface area contributed by atoms with E-state index < -0.39 is 22.7 Å². The van der Waals surface area contributed by atoms with Crippen molar-refractivity contribution in [3.8, 4) is 0 Å². The molecule has 1 atom stereocenters. The number of aromatic nitrogens is 3. The molecular weight excluding hydrogens is 763 g/mol. The summed E-state index contributed by atoms with van der Waals surface area (Å²) in [4.78, 5) is 27.8. The van der Waals surface area contributed by atoms with Gasteiger partial charge in [-0.05, 0) is 103 Å². The molecule has 2 amide bonds. The number of rotatable bonds is 4. The minimum atomic E-state index is -4.67. The van der Waals surface area contributed by atoms with Crippen molar-refractivity contribution in [2.75, 3.05) is 10.6 Å². The van der Waals surface area contributed by atoms with Gasteiger partial charge in [-0.3, -0.25) is 14.3 Å². The molecule has 4 aromatic rings. The average Bonchev–Trinajstić information content (AvgIpc) is 3.52. The molecular formula is C30H29Br2ClF3N5O3S. The van der Waals surface area contributed by atoms with Crippen molar-refractivity contribution >= 4 is 78.0 Å². The number of hydrogen-bond acceptors (Lipinski definition) is 6. The highest BCUT2D eigenvalue weighted by Crippen LogP contribution is 2.46. The number of halogens is 6. The van der Waals surface area contributed by atoms with Crippen LogP contribution in [0.5, 0.6) is 0 Å². The molecule has 2 aromatic heterocycles. The Kier molecular flexibility index (Phi) is 10.2. The summed E-state index contributed by atoms with van der Waals surface area (Å²) < 4.78 is 47.4. The van der Waals surface area contributed by atoms with Crippen LogP contribution in [-0.2, 0) is 23.6 Å². The second kappa shape index (κ2) is 13.1. The van der Waals surface area contributed by atoms with E-state index in [9.17, 15) is 22.8 Å². The molecule has 0 saturated carbocycles. The molecule has 3 heterocycles. The Morgan fingerprint density at radius 3 is 2.27 bits per heavy atom. The fraction of sp³-hybridized carbons (Fsp3) is 0.333. The lowest BCUT2D eigenvalue weighted by Gasteiger charge is -2.19. The molecule has 240 valence electrons. The number of anilines is 2. The van der Waals surface area contributed by atoms with Crippen LogP contribution in [0.25, 0.3) is 0 Å². The number of hydrogen-bond donors (Lipinski definition) is 2. The second-order valence-corrected chi connectivity index (χ2v) is 14.1. The molecule has 0 aliphatic carbocycles. The molecule has 2 N–H and O–H groups in total. The molecule has 0 spiro atoms. The first-order valence-corrected chi connectivity index (χ1v) is 16.2. The van der Waals surface area contributed by atoms with Crippen molar-refractivity contribution in [2.24, 2.45) is 7.05 Å². The Labute approximate surface area is 284 Å². The van der Waals surface area contributed by atoms with Crippen molar-refractivity contribution in [3.63, 3.8) is 0 Å². The number of amides is 2. The van der Waals surface area contributed by atoms with Gasteiger partial charge >= 0.3 is 6.18 Å². The van der Waals surface area contributed by atoms with E-state index >= 15 is 0 Å². The summed E-state index contributed by atoms with van der Waals surface area (Å²) in [6.45, 7) is 11.1. The summed E-state index contributed by atoms with van der Waals surface area (Å²) in [6, 6.07) is 9.36. The largest absolute Gasteiger partial charge is 0.435 e. The number of nitrogens with zero attached hydrogens (tertiary/aromatic N) is 3. The molecule has 15 heteroatoms. The van der Waals surface area contributed by atoms with Crippen LogP contribution in [0.1, 0.15) is 80.0 Å². The zero-order chi connectivity index (χ0) is 33.6. The molecule has 1 unspecified atom stereocenters. The summed E-state index contributed by atoms with van der Waals surface area (Å²) in [7, 11) is 1.71. The van der Waals surface area contributed by atoms with Gasteiger partial charge in [-0.1, -0.05) is 23.7 Å². The highest BCUT2D eigenvalue weighted by atomic mass is 79.9. The number of nitrogens with one attached hydrogen (secondary N) is 2. The van der Waals surface area contributed by atoms with Crippen molar-refractivity contribution < 1.29 is 27.5 Å². The van der Waals surface area contributed by atoms with E-state index in [1.54, 1.807) is 26.1 Å². The summed E-state index contributed by atoms with van der Waals surface area (Å²) in [6.07, 6.45) is -4.75. The van der Waals surface area contributed by atoms with Gasteiger partial charge in [0.15, 0.2) is 5.69 Å². The van der Waals surface area contributed by atoms with Crippen molar-refractivity contribution in [1.29, 1.82) is 0 Å². The van der Waals surface area contributed by atoms with Crippen LogP contribution in [0.4, 0.5) is 24.5 Å². The number of benzene rings is 2. The third-order valence-electron chi connectivity index (χ3n) is 6.89. The van der Waals surface area contributed by atoms with Gasteiger partial charge in [0.25, 0.3) is 11.8 Å². The van der Waals surface area contributed by atoms with Gasteiger partial charge in [-0.15, -0.1) is 11.3 Å². The lowest BCUT2D eigenvalue weighted by molar-refractivity contribution is -0.141. The molecule has 5 rings (SSSR count). The quantitative estimate of drug-likeness (QED) is 0.215. The number of fused-ring (bicyclic) bond motifs is 1. The Morgan fingerprint density at radius 1 is 1.09 bits per heavy atom. The molecule has 0 fully saturated rings. The average molecular weight is 792 g/mol. The second-order valence-electron chi connectivity index (χ2n) is 10.8. The Hall–Kier alpha value is -2.78. The normalized spacial score (nSPS) is 15.3. The third kappa shape index (κ3) is 7.46. The van der Waals surface area contributed by atoms with Crippen LogP contribution >= 0.6 is 54.8 Å². The summed E-state index contributed by atoms with van der Waals surface area (Å²) in [5.74, 6) is -1.10. The van der Waals surface area contributed by atoms with E-state index in [2.05, 4.69) is 52.6 Å². The maximum absolute atomic E-state index is 12.9. The van der Waals surface area contributed by atoms with Crippen LogP contribution in [0, 0.1) is 20.8 Å². The van der Waals surface area contributed by atoms with E-state index in [1.165, 1.54) is 11.6 Å². The first-order valence-electron chi connectivity index (χ1n) is 13.4. The van der Waals surface area contributed by atoms with E-state index in [0.717, 1.165) is 22.4 Å². The first kappa shape index (κ1) is 35.1. The predicted molar refractivity (Wildman–Crippen MR) is 176 cm³/mol. The fourth-order valence-electron chi connectivity index (χ4n) is 5.04. The molecule has 1 aliphatic rings. The summed E-state index contributed by atoms with van der Waals surface area (Å²) >= 11 is 13.5. The standard InChI is InChI=1S/C17H20ClN3O2.C13H9Br2F3N2OS/c1-9-13(15(18)21(5)20-9)16(22)19-12-8-6-7-11-14(12)10(2)23-17(11,3)4;1-5-3-7(14)9(8(15)4-5)20-12(21)10-11(13(16,17)18)19-6(2)22-10/h6-8,10H,1-5H3,(H,19,22);3-4H,1-2H3,(H,20,21). The van der Waals surface area contributed by atoms with Crippen LogP contribution in [0.15, 0.2) is 39.3 Å². The number of alkyl halides is 3. The van der Waals surface area contributed by atoms with Gasteiger partial charge in [0.2, 0.25) is 0 Å². The van der Waals surface area contributed by atoms with Crippen LogP contribution in [0.2, 0.25) is 5.15 Å². The first-order chi connectivity index (χ1) is 20.8. The minimum Gasteiger partial charge on any atom is -0.363 e. The number of aryl methyl sites for hydroxylation is 4. The van der Waals surface area contributed by atoms with Crippen LogP contribution in [0.3, 0.4) is 0 Å². The van der Waals surface area contributed by atoms with Gasteiger partial charge in [0.1, 0.15) is 10.0 Å².